The van der Waals surface area contributed by atoms with Crippen molar-refractivity contribution in [2.24, 2.45) is 0 Å². The largest absolute Gasteiger partial charge is 0.389 e. The summed E-state index contributed by atoms with van der Waals surface area (Å²) in [6.07, 6.45) is -3.09. The highest BCUT2D eigenvalue weighted by molar-refractivity contribution is 9.10. The molecule has 0 amide bonds. The van der Waals surface area contributed by atoms with Gasteiger partial charge in [0.15, 0.2) is 0 Å². The molecule has 1 aliphatic heterocycles. The number of halogens is 1. The number of anilines is 1. The van der Waals surface area contributed by atoms with E-state index in [2.05, 4.69) is 15.9 Å². The quantitative estimate of drug-likeness (QED) is 0.802. The molecule has 12 heavy (non-hydrogen) atoms. The van der Waals surface area contributed by atoms with E-state index in [0.717, 1.165) is 0 Å². The van der Waals surface area contributed by atoms with E-state index >= 15 is 0 Å². The Hall–Kier alpha value is -0.540. The molecule has 0 unspecified atom stereocenters. The maximum Gasteiger partial charge on any atom is 0.0889 e. The molecule has 0 aromatic heterocycles. The predicted molar refractivity (Wildman–Crippen MR) is 52.4 cm³/mol. The number of rotatable bonds is 1. The van der Waals surface area contributed by atoms with Gasteiger partial charge >= 0.3 is 0 Å². The fourth-order valence-electron chi connectivity index (χ4n) is 0.747. The zero-order chi connectivity index (χ0) is 16.5. The molecule has 1 fully saturated rings. The number of β-amino-alcohol motifs (C(OH)–C–C–N with tert-alkyl or cyclic N) is 1. The van der Waals surface area contributed by atoms with Gasteiger partial charge in [-0.1, -0.05) is 22.0 Å². The second-order valence-corrected chi connectivity index (χ2v) is 2.86. The molecule has 1 aromatic rings. The Morgan fingerprint density at radius 1 is 1.75 bits per heavy atom. The lowest BCUT2D eigenvalue weighted by molar-refractivity contribution is 0.142. The van der Waals surface area contributed by atoms with Crippen molar-refractivity contribution in [2.75, 3.05) is 17.9 Å². The van der Waals surface area contributed by atoms with Crippen LogP contribution in [0.25, 0.3) is 0 Å². The monoisotopic (exact) mass is 236 g/mol. The summed E-state index contributed by atoms with van der Waals surface area (Å²) in [4.78, 5) is 0.292. The number of hydrogen-bond acceptors (Lipinski definition) is 2. The molecular weight excluding hydrogens is 218 g/mol. The van der Waals surface area contributed by atoms with Crippen LogP contribution in [0.3, 0.4) is 0 Å². The van der Waals surface area contributed by atoms with E-state index in [-0.39, 0.29) is 4.47 Å². The molecule has 1 aliphatic rings. The lowest BCUT2D eigenvalue weighted by Gasteiger charge is -2.37. The molecule has 0 saturated carbocycles. The Labute approximate surface area is 92.6 Å². The van der Waals surface area contributed by atoms with E-state index in [4.69, 9.17) is 12.3 Å². The average Bonchev–Trinajstić information content (AvgIpc) is 2.37. The van der Waals surface area contributed by atoms with Crippen LogP contribution in [0.5, 0.6) is 0 Å². The van der Waals surface area contributed by atoms with Crippen LogP contribution in [0.1, 0.15) is 12.3 Å². The lowest BCUT2D eigenvalue weighted by atomic mass is 10.1. The van der Waals surface area contributed by atoms with Gasteiger partial charge in [-0.05, 0) is 18.1 Å². The van der Waals surface area contributed by atoms with Gasteiger partial charge in [-0.3, -0.25) is 0 Å². The standard InChI is InChI=1S/C9H10BrNO/c10-7-2-1-3-8(4-7)11-5-9(12)6-11/h1-4,9,12H,5-6H2/i1D,2D,3D,4D,5D2,6D2,9D. The zero-order valence-corrected chi connectivity index (χ0v) is 7.36. The summed E-state index contributed by atoms with van der Waals surface area (Å²) >= 11 is 2.88. The average molecular weight is 237 g/mol. The van der Waals surface area contributed by atoms with E-state index in [1.807, 2.05) is 0 Å². The molecule has 1 aromatic carbocycles. The third kappa shape index (κ3) is 1.47. The van der Waals surface area contributed by atoms with Crippen LogP contribution < -0.4 is 4.90 Å². The maximum absolute atomic E-state index is 9.63. The van der Waals surface area contributed by atoms with Crippen molar-refractivity contribution >= 4 is 21.6 Å². The number of benzene rings is 1. The van der Waals surface area contributed by atoms with Gasteiger partial charge < -0.3 is 10.0 Å². The van der Waals surface area contributed by atoms with Crippen LogP contribution in [0.15, 0.2) is 28.6 Å². The summed E-state index contributed by atoms with van der Waals surface area (Å²) in [6.45, 7) is -5.78. The Morgan fingerprint density at radius 3 is 3.25 bits per heavy atom. The highest BCUT2D eigenvalue weighted by atomic mass is 79.9. The second-order valence-electron chi connectivity index (χ2n) is 2.07. The van der Waals surface area contributed by atoms with E-state index in [1.165, 1.54) is 0 Å². The van der Waals surface area contributed by atoms with Crippen molar-refractivity contribution in [1.82, 2.24) is 0 Å². The minimum atomic E-state index is -3.09. The first-order valence-electron chi connectivity index (χ1n) is 7.58. The number of aliphatic hydroxyl groups is 1. The van der Waals surface area contributed by atoms with Crippen LogP contribution in [0.4, 0.5) is 5.69 Å². The fraction of sp³-hybridized carbons (Fsp3) is 0.333. The number of nitrogens with zero attached hydrogens (tertiary/aromatic N) is 1. The third-order valence-corrected chi connectivity index (χ3v) is 1.64. The van der Waals surface area contributed by atoms with Gasteiger partial charge in [0.2, 0.25) is 0 Å². The summed E-state index contributed by atoms with van der Waals surface area (Å²) in [6, 6.07) is -2.32. The molecule has 1 N–H and O–H groups in total. The van der Waals surface area contributed by atoms with Crippen molar-refractivity contribution in [3.63, 3.8) is 0 Å². The molecule has 3 heteroatoms. The molecule has 64 valence electrons. The molecule has 2 rings (SSSR count). The minimum Gasteiger partial charge on any atom is -0.389 e. The predicted octanol–water partition coefficient (Wildman–Crippen LogP) is 1.63. The molecule has 0 spiro atoms. The van der Waals surface area contributed by atoms with Gasteiger partial charge in [-0.25, -0.2) is 0 Å². The molecule has 0 atom stereocenters. The van der Waals surface area contributed by atoms with Crippen LogP contribution >= 0.6 is 15.9 Å². The molecule has 2 nitrogen and oxygen atoms in total. The molecular formula is C9H10BrNO. The summed E-state index contributed by atoms with van der Waals surface area (Å²) in [5, 5.41) is 9.63. The Bertz CT molecular complexity index is 585. The second kappa shape index (κ2) is 3.07. The summed E-state index contributed by atoms with van der Waals surface area (Å²) < 4.78 is 68.5. The maximum atomic E-state index is 9.63. The lowest BCUT2D eigenvalue weighted by Crippen LogP contribution is -2.50. The van der Waals surface area contributed by atoms with E-state index in [0.29, 0.717) is 4.90 Å². The highest BCUT2D eigenvalue weighted by Gasteiger charge is 2.24. The Balaban J connectivity index is 2.75. The summed E-state index contributed by atoms with van der Waals surface area (Å²) in [5.74, 6) is 0. The molecule has 1 heterocycles. The van der Waals surface area contributed by atoms with Gasteiger partial charge in [-0.15, -0.1) is 0 Å². The SMILES string of the molecule is [2H]c1c([2H])c(Br)c([2H])c(N2C([2H])([2H])C([2H])(O)C2([2H])[2H])c1[2H]. The molecule has 0 aliphatic carbocycles. The topological polar surface area (TPSA) is 23.5 Å². The van der Waals surface area contributed by atoms with Gasteiger partial charge in [0.1, 0.15) is 0 Å². The molecule has 1 saturated heterocycles. The van der Waals surface area contributed by atoms with Crippen molar-refractivity contribution in [1.29, 1.82) is 0 Å². The fourth-order valence-corrected chi connectivity index (χ4v) is 1.03. The first-order chi connectivity index (χ1) is 9.30. The van der Waals surface area contributed by atoms with Gasteiger partial charge in [0.05, 0.1) is 18.4 Å². The van der Waals surface area contributed by atoms with Gasteiger partial charge in [0.25, 0.3) is 0 Å². The van der Waals surface area contributed by atoms with Crippen molar-refractivity contribution in [3.8, 4) is 0 Å². The van der Waals surface area contributed by atoms with Crippen LogP contribution in [-0.4, -0.2) is 24.2 Å². The summed E-state index contributed by atoms with van der Waals surface area (Å²) in [5.41, 5.74) is -0.588. The van der Waals surface area contributed by atoms with Crippen LogP contribution in [0, 0.1) is 0 Å². The number of hydrogen-bond donors (Lipinski definition) is 1. The van der Waals surface area contributed by atoms with Crippen molar-refractivity contribution in [3.05, 3.63) is 28.6 Å². The Kier molecular flexibility index (Phi) is 0.697. The van der Waals surface area contributed by atoms with Crippen molar-refractivity contribution in [2.45, 2.75) is 6.08 Å². The van der Waals surface area contributed by atoms with Crippen molar-refractivity contribution < 1.29 is 17.4 Å². The highest BCUT2D eigenvalue weighted by Crippen LogP contribution is 2.23. The first kappa shape index (κ1) is 2.72. The molecule has 0 bridgehead atoms. The first-order valence-corrected chi connectivity index (χ1v) is 3.88. The van der Waals surface area contributed by atoms with E-state index in [1.54, 1.807) is 0 Å². The smallest absolute Gasteiger partial charge is 0.0889 e. The summed E-state index contributed by atoms with van der Waals surface area (Å²) in [7, 11) is 0. The van der Waals surface area contributed by atoms with Gasteiger partial charge in [-0.2, -0.15) is 0 Å². The normalized spacial score (nSPS) is 39.5. The molecule has 0 radical (unpaired) electrons. The minimum absolute atomic E-state index is 0.189. The van der Waals surface area contributed by atoms with E-state index < -0.39 is 48.9 Å². The third-order valence-electron chi connectivity index (χ3n) is 1.24. The zero-order valence-electron chi connectivity index (χ0n) is 14.8. The Morgan fingerprint density at radius 2 is 2.50 bits per heavy atom. The van der Waals surface area contributed by atoms with Gasteiger partial charge in [0, 0.05) is 23.2 Å². The van der Waals surface area contributed by atoms with Crippen LogP contribution in [-0.2, 0) is 0 Å². The van der Waals surface area contributed by atoms with Crippen LogP contribution in [0.2, 0.25) is 0 Å². The van der Waals surface area contributed by atoms with E-state index in [9.17, 15) is 5.11 Å².